The molecule has 0 saturated heterocycles. The molecule has 5 heteroatoms. The highest BCUT2D eigenvalue weighted by molar-refractivity contribution is 7.09. The number of thiazole rings is 1. The van der Waals surface area contributed by atoms with Crippen LogP contribution in [-0.4, -0.2) is 17.4 Å². The first-order valence-electron chi connectivity index (χ1n) is 5.59. The van der Waals surface area contributed by atoms with Gasteiger partial charge in [-0.1, -0.05) is 6.07 Å². The average Bonchev–Trinajstić information content (AvgIpc) is 2.81. The van der Waals surface area contributed by atoms with Gasteiger partial charge in [0.15, 0.2) is 0 Å². The molecule has 0 atom stereocenters. The summed E-state index contributed by atoms with van der Waals surface area (Å²) in [4.78, 5) is 15.8. The Bertz CT molecular complexity index is 540. The maximum absolute atomic E-state index is 13.5. The van der Waals surface area contributed by atoms with Crippen LogP contribution in [0.1, 0.15) is 20.9 Å². The number of rotatable bonds is 4. The van der Waals surface area contributed by atoms with Crippen molar-refractivity contribution in [2.24, 2.45) is 0 Å². The third-order valence-corrected chi connectivity index (χ3v) is 3.32. The van der Waals surface area contributed by atoms with Crippen LogP contribution in [0.5, 0.6) is 0 Å². The number of hydrogen-bond acceptors (Lipinski definition) is 3. The van der Waals surface area contributed by atoms with Crippen molar-refractivity contribution in [3.63, 3.8) is 0 Å². The highest BCUT2D eigenvalue weighted by Crippen LogP contribution is 2.10. The van der Waals surface area contributed by atoms with Gasteiger partial charge in [0.2, 0.25) is 0 Å². The number of halogens is 1. The van der Waals surface area contributed by atoms with Gasteiger partial charge in [0.05, 0.1) is 10.6 Å². The molecule has 1 heterocycles. The Kier molecular flexibility index (Phi) is 4.04. The largest absolute Gasteiger partial charge is 0.352 e. The molecule has 3 nitrogen and oxygen atoms in total. The molecule has 1 aromatic heterocycles. The Morgan fingerprint density at radius 2 is 2.33 bits per heavy atom. The zero-order chi connectivity index (χ0) is 13.0. The molecule has 0 aliphatic carbocycles. The van der Waals surface area contributed by atoms with E-state index < -0.39 is 5.82 Å². The second-order valence-corrected chi connectivity index (χ2v) is 4.89. The lowest BCUT2D eigenvalue weighted by atomic mass is 10.1. The summed E-state index contributed by atoms with van der Waals surface area (Å²) < 4.78 is 13.5. The minimum atomic E-state index is -0.484. The SMILES string of the molecule is Cc1ccc(C(=O)NCCc2nccs2)c(F)c1. The summed E-state index contributed by atoms with van der Waals surface area (Å²) in [6.45, 7) is 2.24. The van der Waals surface area contributed by atoms with Crippen molar-refractivity contribution in [1.29, 1.82) is 0 Å². The third kappa shape index (κ3) is 3.13. The van der Waals surface area contributed by atoms with Crippen LogP contribution < -0.4 is 5.32 Å². The molecule has 0 bridgehead atoms. The van der Waals surface area contributed by atoms with Gasteiger partial charge in [-0.3, -0.25) is 4.79 Å². The molecule has 0 saturated carbocycles. The first-order valence-corrected chi connectivity index (χ1v) is 6.47. The van der Waals surface area contributed by atoms with E-state index in [-0.39, 0.29) is 11.5 Å². The molecule has 0 unspecified atom stereocenters. The van der Waals surface area contributed by atoms with Crippen LogP contribution in [-0.2, 0) is 6.42 Å². The highest BCUT2D eigenvalue weighted by Gasteiger charge is 2.10. The number of carbonyl (C=O) groups excluding carboxylic acids is 1. The van der Waals surface area contributed by atoms with Crippen LogP contribution in [0.25, 0.3) is 0 Å². The molecule has 1 aromatic carbocycles. The summed E-state index contributed by atoms with van der Waals surface area (Å²) >= 11 is 1.54. The van der Waals surface area contributed by atoms with Crippen LogP contribution in [0.4, 0.5) is 4.39 Å². The van der Waals surface area contributed by atoms with E-state index in [0.29, 0.717) is 13.0 Å². The van der Waals surface area contributed by atoms with E-state index >= 15 is 0 Å². The topological polar surface area (TPSA) is 42.0 Å². The first kappa shape index (κ1) is 12.7. The molecule has 0 aliphatic rings. The highest BCUT2D eigenvalue weighted by atomic mass is 32.1. The second kappa shape index (κ2) is 5.73. The van der Waals surface area contributed by atoms with E-state index in [1.54, 1.807) is 19.2 Å². The molecule has 1 N–H and O–H groups in total. The van der Waals surface area contributed by atoms with Crippen LogP contribution in [0.2, 0.25) is 0 Å². The minimum Gasteiger partial charge on any atom is -0.352 e. The summed E-state index contributed by atoms with van der Waals surface area (Å²) in [5, 5.41) is 5.53. The lowest BCUT2D eigenvalue weighted by Crippen LogP contribution is -2.26. The molecule has 0 aliphatic heterocycles. The van der Waals surface area contributed by atoms with E-state index in [9.17, 15) is 9.18 Å². The molecule has 94 valence electrons. The monoisotopic (exact) mass is 264 g/mol. The van der Waals surface area contributed by atoms with Gasteiger partial charge in [-0.15, -0.1) is 11.3 Å². The fraction of sp³-hybridized carbons (Fsp3) is 0.231. The lowest BCUT2D eigenvalue weighted by Gasteiger charge is -2.05. The predicted molar refractivity (Wildman–Crippen MR) is 69.3 cm³/mol. The van der Waals surface area contributed by atoms with E-state index in [1.807, 2.05) is 5.38 Å². The third-order valence-electron chi connectivity index (χ3n) is 2.48. The molecular weight excluding hydrogens is 251 g/mol. The van der Waals surface area contributed by atoms with E-state index in [4.69, 9.17) is 0 Å². The van der Waals surface area contributed by atoms with Crippen LogP contribution in [0.3, 0.4) is 0 Å². The second-order valence-electron chi connectivity index (χ2n) is 3.92. The quantitative estimate of drug-likeness (QED) is 0.922. The maximum Gasteiger partial charge on any atom is 0.254 e. The van der Waals surface area contributed by atoms with Gasteiger partial charge in [-0.05, 0) is 24.6 Å². The van der Waals surface area contributed by atoms with Crippen LogP contribution in [0, 0.1) is 12.7 Å². The number of aromatic nitrogens is 1. The van der Waals surface area contributed by atoms with Gasteiger partial charge in [-0.2, -0.15) is 0 Å². The van der Waals surface area contributed by atoms with E-state index in [1.165, 1.54) is 23.5 Å². The summed E-state index contributed by atoms with van der Waals surface area (Å²) in [5.74, 6) is -0.870. The maximum atomic E-state index is 13.5. The zero-order valence-corrected chi connectivity index (χ0v) is 10.8. The number of aryl methyl sites for hydroxylation is 1. The zero-order valence-electron chi connectivity index (χ0n) is 9.94. The molecule has 0 fully saturated rings. The Morgan fingerprint density at radius 3 is 3.00 bits per heavy atom. The van der Waals surface area contributed by atoms with Gasteiger partial charge in [0.1, 0.15) is 5.82 Å². The summed E-state index contributed by atoms with van der Waals surface area (Å²) in [6, 6.07) is 4.58. The summed E-state index contributed by atoms with van der Waals surface area (Å²) in [6.07, 6.45) is 2.39. The minimum absolute atomic E-state index is 0.0831. The lowest BCUT2D eigenvalue weighted by molar-refractivity contribution is 0.0950. The molecular formula is C13H13FN2OS. The van der Waals surface area contributed by atoms with E-state index in [2.05, 4.69) is 10.3 Å². The van der Waals surface area contributed by atoms with Crippen molar-refractivity contribution in [1.82, 2.24) is 10.3 Å². The number of hydrogen-bond donors (Lipinski definition) is 1. The molecule has 2 aromatic rings. The van der Waals surface area contributed by atoms with Crippen LogP contribution in [0.15, 0.2) is 29.8 Å². The van der Waals surface area contributed by atoms with Crippen molar-refractivity contribution in [3.8, 4) is 0 Å². The Morgan fingerprint density at radius 1 is 1.50 bits per heavy atom. The van der Waals surface area contributed by atoms with Crippen molar-refractivity contribution in [2.75, 3.05) is 6.54 Å². The fourth-order valence-corrected chi connectivity index (χ4v) is 2.18. The normalized spacial score (nSPS) is 10.3. The average molecular weight is 264 g/mol. The van der Waals surface area contributed by atoms with Crippen molar-refractivity contribution >= 4 is 17.2 Å². The first-order chi connectivity index (χ1) is 8.66. The number of nitrogens with one attached hydrogen (secondary N) is 1. The van der Waals surface area contributed by atoms with Gasteiger partial charge >= 0.3 is 0 Å². The number of benzene rings is 1. The molecule has 18 heavy (non-hydrogen) atoms. The van der Waals surface area contributed by atoms with Crippen molar-refractivity contribution in [2.45, 2.75) is 13.3 Å². The molecule has 0 spiro atoms. The van der Waals surface area contributed by atoms with Gasteiger partial charge in [0, 0.05) is 24.5 Å². The number of nitrogens with zero attached hydrogens (tertiary/aromatic N) is 1. The van der Waals surface area contributed by atoms with Crippen LogP contribution >= 0.6 is 11.3 Å². The van der Waals surface area contributed by atoms with E-state index in [0.717, 1.165) is 10.6 Å². The number of amides is 1. The molecule has 1 amide bonds. The Labute approximate surface area is 109 Å². The summed E-state index contributed by atoms with van der Waals surface area (Å²) in [5.41, 5.74) is 0.881. The molecule has 2 rings (SSSR count). The summed E-state index contributed by atoms with van der Waals surface area (Å²) in [7, 11) is 0. The van der Waals surface area contributed by atoms with Crippen molar-refractivity contribution in [3.05, 3.63) is 51.7 Å². The predicted octanol–water partition coefficient (Wildman–Crippen LogP) is 2.56. The van der Waals surface area contributed by atoms with Gasteiger partial charge < -0.3 is 5.32 Å². The standard InChI is InChI=1S/C13H13FN2OS/c1-9-2-3-10(11(14)8-9)13(17)16-5-4-12-15-6-7-18-12/h2-3,6-8H,4-5H2,1H3,(H,16,17). The Balaban J connectivity index is 1.91. The molecule has 0 radical (unpaired) electrons. The number of carbonyl (C=O) groups is 1. The fourth-order valence-electron chi connectivity index (χ4n) is 1.56. The van der Waals surface area contributed by atoms with Crippen molar-refractivity contribution < 1.29 is 9.18 Å². The van der Waals surface area contributed by atoms with Gasteiger partial charge in [-0.25, -0.2) is 9.37 Å². The van der Waals surface area contributed by atoms with Gasteiger partial charge in [0.25, 0.3) is 5.91 Å². The smallest absolute Gasteiger partial charge is 0.254 e. The Hall–Kier alpha value is -1.75.